The molecule has 0 aromatic heterocycles. The Labute approximate surface area is 226 Å². The van der Waals surface area contributed by atoms with Gasteiger partial charge in [-0.2, -0.15) is 13.2 Å². The number of benzene rings is 3. The largest absolute Gasteiger partial charge is 0.481 e. The number of nitrogens with one attached hydrogen (secondary N) is 2. The molecule has 1 saturated carbocycles. The van der Waals surface area contributed by atoms with Crippen molar-refractivity contribution in [1.29, 1.82) is 0 Å². The molecule has 0 spiro atoms. The summed E-state index contributed by atoms with van der Waals surface area (Å²) in [6.45, 7) is 0.0314. The topological polar surface area (TPSA) is 78.4 Å². The molecule has 206 valence electrons. The first-order valence-corrected chi connectivity index (χ1v) is 13.3. The van der Waals surface area contributed by atoms with Crippen LogP contribution in [0.2, 0.25) is 0 Å². The summed E-state index contributed by atoms with van der Waals surface area (Å²) in [5, 5.41) is 14.7. The Morgan fingerprint density at radius 1 is 0.872 bits per heavy atom. The number of carboxylic acid groups (broad SMARTS) is 1. The maximum Gasteiger partial charge on any atom is 0.416 e. The van der Waals surface area contributed by atoms with Crippen LogP contribution in [0.4, 0.5) is 18.9 Å². The first-order chi connectivity index (χ1) is 18.7. The Morgan fingerprint density at radius 3 is 2.10 bits per heavy atom. The predicted octanol–water partition coefficient (Wildman–Crippen LogP) is 7.35. The highest BCUT2D eigenvalue weighted by Gasteiger charge is 2.30. The van der Waals surface area contributed by atoms with Crippen molar-refractivity contribution in [3.8, 4) is 0 Å². The number of rotatable bonds is 10. The molecule has 0 heterocycles. The molecular weight excluding hydrogens is 505 g/mol. The van der Waals surface area contributed by atoms with Gasteiger partial charge in [-0.15, -0.1) is 0 Å². The Hall–Kier alpha value is -3.81. The van der Waals surface area contributed by atoms with Crippen LogP contribution in [0.3, 0.4) is 0 Å². The zero-order chi connectivity index (χ0) is 27.8. The third-order valence-corrected chi connectivity index (χ3v) is 7.25. The monoisotopic (exact) mass is 538 g/mol. The van der Waals surface area contributed by atoms with Crippen molar-refractivity contribution in [1.82, 2.24) is 5.32 Å². The quantitative estimate of drug-likeness (QED) is 0.252. The number of carboxylic acids is 1. The van der Waals surface area contributed by atoms with Crippen molar-refractivity contribution in [3.05, 3.63) is 101 Å². The Morgan fingerprint density at radius 2 is 1.51 bits per heavy atom. The number of alkyl halides is 3. The van der Waals surface area contributed by atoms with E-state index in [0.717, 1.165) is 23.3 Å². The van der Waals surface area contributed by atoms with E-state index in [1.54, 1.807) is 24.3 Å². The lowest BCUT2D eigenvalue weighted by molar-refractivity contribution is -0.138. The minimum Gasteiger partial charge on any atom is -0.481 e. The van der Waals surface area contributed by atoms with Gasteiger partial charge in [0.05, 0.1) is 18.0 Å². The molecule has 0 saturated heterocycles. The van der Waals surface area contributed by atoms with Gasteiger partial charge in [-0.05, 0) is 78.3 Å². The predicted molar refractivity (Wildman–Crippen MR) is 145 cm³/mol. The first-order valence-electron chi connectivity index (χ1n) is 13.3. The highest BCUT2D eigenvalue weighted by molar-refractivity contribution is 5.94. The number of hydrogen-bond acceptors (Lipinski definition) is 3. The molecule has 1 aliphatic carbocycles. The number of halogens is 3. The first kappa shape index (κ1) is 28.2. The number of hydrogen-bond donors (Lipinski definition) is 3. The second-order valence-corrected chi connectivity index (χ2v) is 10.1. The number of amides is 1. The number of aliphatic carboxylic acids is 1. The number of carbonyl (C=O) groups is 2. The zero-order valence-electron chi connectivity index (χ0n) is 21.6. The van der Waals surface area contributed by atoms with E-state index >= 15 is 0 Å². The van der Waals surface area contributed by atoms with Crippen LogP contribution in [-0.2, 0) is 17.4 Å². The van der Waals surface area contributed by atoms with Crippen molar-refractivity contribution in [2.75, 3.05) is 11.9 Å². The Kier molecular flexibility index (Phi) is 9.28. The van der Waals surface area contributed by atoms with Crippen molar-refractivity contribution < 1.29 is 27.9 Å². The van der Waals surface area contributed by atoms with E-state index in [-0.39, 0.29) is 24.9 Å². The van der Waals surface area contributed by atoms with E-state index in [4.69, 9.17) is 5.11 Å². The molecule has 1 unspecified atom stereocenters. The van der Waals surface area contributed by atoms with E-state index in [0.29, 0.717) is 23.6 Å². The molecule has 1 atom stereocenters. The molecule has 1 amide bonds. The van der Waals surface area contributed by atoms with Crippen LogP contribution in [0.1, 0.15) is 83.1 Å². The second kappa shape index (κ2) is 12.8. The van der Waals surface area contributed by atoms with Crippen LogP contribution in [0, 0.1) is 0 Å². The summed E-state index contributed by atoms with van der Waals surface area (Å²) in [4.78, 5) is 22.9. The molecule has 0 radical (unpaired) electrons. The minimum absolute atomic E-state index is 0.0314. The number of anilines is 1. The van der Waals surface area contributed by atoms with Gasteiger partial charge in [0, 0.05) is 17.8 Å². The van der Waals surface area contributed by atoms with Crippen molar-refractivity contribution in [2.45, 2.75) is 63.1 Å². The van der Waals surface area contributed by atoms with Gasteiger partial charge in [0.2, 0.25) is 0 Å². The summed E-state index contributed by atoms with van der Waals surface area (Å²) < 4.78 is 39.4. The molecule has 3 aromatic rings. The lowest BCUT2D eigenvalue weighted by atomic mass is 9.83. The van der Waals surface area contributed by atoms with Crippen LogP contribution in [-0.4, -0.2) is 23.5 Å². The SMILES string of the molecule is O=C(O)CCNC(=O)c1ccc(NC(Cc2ccc(C3CCCCC3)cc2)c2ccc(C(F)(F)F)cc2)cc1. The van der Waals surface area contributed by atoms with E-state index in [2.05, 4.69) is 34.9 Å². The third kappa shape index (κ3) is 8.09. The lowest BCUT2D eigenvalue weighted by Crippen LogP contribution is -2.25. The average molecular weight is 539 g/mol. The van der Waals surface area contributed by atoms with Crippen molar-refractivity contribution in [3.63, 3.8) is 0 Å². The van der Waals surface area contributed by atoms with Gasteiger partial charge in [0.25, 0.3) is 5.91 Å². The van der Waals surface area contributed by atoms with Crippen LogP contribution in [0.15, 0.2) is 72.8 Å². The standard InChI is InChI=1S/C31H33F3N2O3/c32-31(33,34)26-14-10-24(11-15-26)28(20-21-6-8-23(9-7-21)22-4-2-1-3-5-22)36-27-16-12-25(13-17-27)30(39)35-19-18-29(37)38/h6-17,22,28,36H,1-5,18-20H2,(H,35,39)(H,37,38). The molecule has 3 aromatic carbocycles. The second-order valence-electron chi connectivity index (χ2n) is 10.1. The van der Waals surface area contributed by atoms with Gasteiger partial charge in [-0.3, -0.25) is 9.59 Å². The number of carbonyl (C=O) groups excluding carboxylic acids is 1. The van der Waals surface area contributed by atoms with Crippen LogP contribution >= 0.6 is 0 Å². The third-order valence-electron chi connectivity index (χ3n) is 7.25. The zero-order valence-corrected chi connectivity index (χ0v) is 21.6. The lowest BCUT2D eigenvalue weighted by Gasteiger charge is -2.23. The molecule has 1 fully saturated rings. The average Bonchev–Trinajstić information content (AvgIpc) is 2.93. The smallest absolute Gasteiger partial charge is 0.416 e. The van der Waals surface area contributed by atoms with Crippen LogP contribution in [0.5, 0.6) is 0 Å². The van der Waals surface area contributed by atoms with Crippen molar-refractivity contribution >= 4 is 17.6 Å². The normalized spacial score (nSPS) is 14.9. The fraction of sp³-hybridized carbons (Fsp3) is 0.355. The van der Waals surface area contributed by atoms with Crippen LogP contribution in [0.25, 0.3) is 0 Å². The molecule has 5 nitrogen and oxygen atoms in total. The summed E-state index contributed by atoms with van der Waals surface area (Å²) in [7, 11) is 0. The molecule has 39 heavy (non-hydrogen) atoms. The summed E-state index contributed by atoms with van der Waals surface area (Å²) >= 11 is 0. The van der Waals surface area contributed by atoms with E-state index < -0.39 is 17.7 Å². The van der Waals surface area contributed by atoms with Gasteiger partial charge in [-0.25, -0.2) is 0 Å². The van der Waals surface area contributed by atoms with Gasteiger partial charge in [-0.1, -0.05) is 55.7 Å². The van der Waals surface area contributed by atoms with E-state index in [1.165, 1.54) is 49.8 Å². The van der Waals surface area contributed by atoms with Gasteiger partial charge < -0.3 is 15.7 Å². The van der Waals surface area contributed by atoms with E-state index in [1.807, 2.05) is 0 Å². The Bertz CT molecular complexity index is 1230. The summed E-state index contributed by atoms with van der Waals surface area (Å²) in [5.74, 6) is -0.774. The molecule has 1 aliphatic rings. The minimum atomic E-state index is -4.41. The fourth-order valence-electron chi connectivity index (χ4n) is 5.06. The van der Waals surface area contributed by atoms with Crippen LogP contribution < -0.4 is 10.6 Å². The highest BCUT2D eigenvalue weighted by Crippen LogP contribution is 2.34. The summed E-state index contributed by atoms with van der Waals surface area (Å²) in [6.07, 6.45) is 2.23. The molecule has 0 bridgehead atoms. The van der Waals surface area contributed by atoms with E-state index in [9.17, 15) is 22.8 Å². The molecule has 3 N–H and O–H groups in total. The molecule has 4 rings (SSSR count). The summed E-state index contributed by atoms with van der Waals surface area (Å²) in [6, 6.07) is 20.2. The maximum absolute atomic E-state index is 13.1. The van der Waals surface area contributed by atoms with Gasteiger partial charge in [0.1, 0.15) is 0 Å². The molecular formula is C31H33F3N2O3. The molecule has 0 aliphatic heterocycles. The Balaban J connectivity index is 1.50. The summed E-state index contributed by atoms with van der Waals surface area (Å²) in [5.41, 5.74) is 3.53. The molecule has 8 heteroatoms. The fourth-order valence-corrected chi connectivity index (χ4v) is 5.06. The van der Waals surface area contributed by atoms with Gasteiger partial charge in [0.15, 0.2) is 0 Å². The van der Waals surface area contributed by atoms with Gasteiger partial charge >= 0.3 is 12.1 Å². The highest BCUT2D eigenvalue weighted by atomic mass is 19.4. The maximum atomic E-state index is 13.1. The van der Waals surface area contributed by atoms with Crippen molar-refractivity contribution in [2.24, 2.45) is 0 Å².